The van der Waals surface area contributed by atoms with Crippen LogP contribution in [0.3, 0.4) is 0 Å². The van der Waals surface area contributed by atoms with Gasteiger partial charge in [0.1, 0.15) is 6.54 Å². The summed E-state index contributed by atoms with van der Waals surface area (Å²) in [5, 5.41) is 2.89. The molecule has 2 aromatic carbocycles. The Bertz CT molecular complexity index is 844. The minimum atomic E-state index is -3.86. The van der Waals surface area contributed by atoms with E-state index in [1.54, 1.807) is 54.6 Å². The number of carbonyl (C=O) groups is 1. The number of rotatable bonds is 7. The Balaban J connectivity index is 2.39. The monoisotopic (exact) mass is 374 g/mol. The molecule has 1 amide bonds. The molecule has 0 spiro atoms. The van der Waals surface area contributed by atoms with Crippen molar-refractivity contribution in [3.63, 3.8) is 0 Å². The summed E-state index contributed by atoms with van der Waals surface area (Å²) >= 11 is 0. The number of para-hydroxylation sites is 1. The van der Waals surface area contributed by atoms with Crippen molar-refractivity contribution < 1.29 is 13.2 Å². The smallest absolute Gasteiger partial charge is 0.264 e. The molecule has 0 fully saturated rings. The van der Waals surface area contributed by atoms with Crippen molar-refractivity contribution in [2.45, 2.75) is 44.6 Å². The van der Waals surface area contributed by atoms with Crippen molar-refractivity contribution in [2.75, 3.05) is 10.8 Å². The maximum Gasteiger partial charge on any atom is 0.264 e. The zero-order chi connectivity index (χ0) is 19.4. The van der Waals surface area contributed by atoms with Crippen LogP contribution in [0.1, 0.15) is 32.8 Å². The van der Waals surface area contributed by atoms with Crippen LogP contribution in [-0.4, -0.2) is 26.4 Å². The molecule has 0 radical (unpaired) electrons. The number of sulfonamides is 1. The molecule has 0 bridgehead atoms. The second kappa shape index (κ2) is 7.91. The number of anilines is 1. The predicted octanol–water partition coefficient (Wildman–Crippen LogP) is 3.50. The molecule has 0 aromatic heterocycles. The molecule has 5 nitrogen and oxygen atoms in total. The number of hydrogen-bond acceptors (Lipinski definition) is 3. The SMILES string of the molecule is CCC(C)(C)NC(=O)CN(c1ccccc1)S(=O)(=O)c1ccc(C)cc1. The van der Waals surface area contributed by atoms with Gasteiger partial charge in [-0.15, -0.1) is 0 Å². The molecule has 0 aliphatic heterocycles. The number of hydrogen-bond donors (Lipinski definition) is 1. The van der Waals surface area contributed by atoms with Gasteiger partial charge in [0, 0.05) is 5.54 Å². The van der Waals surface area contributed by atoms with Gasteiger partial charge in [-0.1, -0.05) is 42.8 Å². The lowest BCUT2D eigenvalue weighted by Crippen LogP contribution is -2.48. The lowest BCUT2D eigenvalue weighted by Gasteiger charge is -2.28. The van der Waals surface area contributed by atoms with E-state index in [0.29, 0.717) is 5.69 Å². The largest absolute Gasteiger partial charge is 0.350 e. The topological polar surface area (TPSA) is 66.5 Å². The van der Waals surface area contributed by atoms with Gasteiger partial charge >= 0.3 is 0 Å². The molecule has 6 heteroatoms. The molecule has 0 saturated heterocycles. The summed E-state index contributed by atoms with van der Waals surface area (Å²) < 4.78 is 27.5. The molecule has 140 valence electrons. The van der Waals surface area contributed by atoms with Crippen molar-refractivity contribution in [1.29, 1.82) is 0 Å². The zero-order valence-electron chi connectivity index (χ0n) is 15.7. The fourth-order valence-corrected chi connectivity index (χ4v) is 3.80. The van der Waals surface area contributed by atoms with E-state index >= 15 is 0 Å². The number of nitrogens with one attached hydrogen (secondary N) is 1. The van der Waals surface area contributed by atoms with Gasteiger partial charge in [-0.05, 0) is 51.5 Å². The van der Waals surface area contributed by atoms with E-state index < -0.39 is 15.6 Å². The van der Waals surface area contributed by atoms with Crippen molar-refractivity contribution >= 4 is 21.6 Å². The Morgan fingerprint density at radius 3 is 2.15 bits per heavy atom. The van der Waals surface area contributed by atoms with Crippen LogP contribution >= 0.6 is 0 Å². The van der Waals surface area contributed by atoms with E-state index in [1.165, 1.54) is 0 Å². The van der Waals surface area contributed by atoms with Crippen LogP contribution in [0, 0.1) is 6.92 Å². The highest BCUT2D eigenvalue weighted by atomic mass is 32.2. The summed E-state index contributed by atoms with van der Waals surface area (Å²) in [5.74, 6) is -0.337. The van der Waals surface area contributed by atoms with Gasteiger partial charge in [0.25, 0.3) is 10.0 Å². The van der Waals surface area contributed by atoms with Crippen molar-refractivity contribution in [3.05, 3.63) is 60.2 Å². The Morgan fingerprint density at radius 2 is 1.62 bits per heavy atom. The van der Waals surface area contributed by atoms with E-state index in [-0.39, 0.29) is 17.3 Å². The van der Waals surface area contributed by atoms with Crippen molar-refractivity contribution in [2.24, 2.45) is 0 Å². The Labute approximate surface area is 156 Å². The average molecular weight is 375 g/mol. The summed E-state index contributed by atoms with van der Waals surface area (Å²) in [5.41, 5.74) is 1.03. The molecule has 0 atom stereocenters. The third-order valence-corrected chi connectivity index (χ3v) is 6.09. The molecular formula is C20H26N2O3S. The maximum absolute atomic E-state index is 13.2. The molecule has 0 heterocycles. The van der Waals surface area contributed by atoms with Gasteiger partial charge in [0.2, 0.25) is 5.91 Å². The first kappa shape index (κ1) is 20.0. The fraction of sp³-hybridized carbons (Fsp3) is 0.350. The maximum atomic E-state index is 13.2. The van der Waals surface area contributed by atoms with Crippen LogP contribution in [-0.2, 0) is 14.8 Å². The van der Waals surface area contributed by atoms with Gasteiger partial charge in [-0.2, -0.15) is 0 Å². The number of benzene rings is 2. The normalized spacial score (nSPS) is 11.8. The number of amides is 1. The molecule has 2 rings (SSSR count). The lowest BCUT2D eigenvalue weighted by atomic mass is 10.0. The molecule has 1 N–H and O–H groups in total. The van der Waals surface area contributed by atoms with E-state index in [0.717, 1.165) is 16.3 Å². The molecule has 26 heavy (non-hydrogen) atoms. The zero-order valence-corrected chi connectivity index (χ0v) is 16.5. The predicted molar refractivity (Wildman–Crippen MR) is 105 cm³/mol. The number of aryl methyl sites for hydroxylation is 1. The summed E-state index contributed by atoms with van der Waals surface area (Å²) in [7, 11) is -3.86. The summed E-state index contributed by atoms with van der Waals surface area (Å²) in [6, 6.07) is 15.3. The third kappa shape index (κ3) is 4.85. The first-order chi connectivity index (χ1) is 12.2. The highest BCUT2D eigenvalue weighted by Gasteiger charge is 2.28. The summed E-state index contributed by atoms with van der Waals surface area (Å²) in [4.78, 5) is 12.7. The highest BCUT2D eigenvalue weighted by molar-refractivity contribution is 7.92. The van der Waals surface area contributed by atoms with Gasteiger partial charge in [-0.25, -0.2) is 8.42 Å². The molecule has 0 saturated carbocycles. The first-order valence-electron chi connectivity index (χ1n) is 8.61. The van der Waals surface area contributed by atoms with Gasteiger partial charge < -0.3 is 5.32 Å². The van der Waals surface area contributed by atoms with Crippen LogP contribution in [0.25, 0.3) is 0 Å². The number of carbonyl (C=O) groups excluding carboxylic acids is 1. The van der Waals surface area contributed by atoms with Gasteiger partial charge in [0.15, 0.2) is 0 Å². The van der Waals surface area contributed by atoms with Crippen LogP contribution in [0.4, 0.5) is 5.69 Å². The molecule has 0 unspecified atom stereocenters. The molecule has 0 aliphatic rings. The lowest BCUT2D eigenvalue weighted by molar-refractivity contribution is -0.121. The fourth-order valence-electron chi connectivity index (χ4n) is 2.38. The molecular weight excluding hydrogens is 348 g/mol. The van der Waals surface area contributed by atoms with Crippen LogP contribution in [0.5, 0.6) is 0 Å². The van der Waals surface area contributed by atoms with E-state index in [1.807, 2.05) is 27.7 Å². The van der Waals surface area contributed by atoms with Crippen LogP contribution in [0.15, 0.2) is 59.5 Å². The van der Waals surface area contributed by atoms with Crippen molar-refractivity contribution in [1.82, 2.24) is 5.32 Å². The quantitative estimate of drug-likeness (QED) is 0.807. The first-order valence-corrected chi connectivity index (χ1v) is 10.1. The van der Waals surface area contributed by atoms with Gasteiger partial charge in [0.05, 0.1) is 10.6 Å². The van der Waals surface area contributed by atoms with E-state index in [9.17, 15) is 13.2 Å². The minimum Gasteiger partial charge on any atom is -0.350 e. The second-order valence-corrected chi connectivity index (χ2v) is 8.81. The Hall–Kier alpha value is -2.34. The number of nitrogens with zero attached hydrogens (tertiary/aromatic N) is 1. The average Bonchev–Trinajstić information content (AvgIpc) is 2.60. The van der Waals surface area contributed by atoms with E-state index in [2.05, 4.69) is 5.32 Å². The highest BCUT2D eigenvalue weighted by Crippen LogP contribution is 2.23. The van der Waals surface area contributed by atoms with Crippen molar-refractivity contribution in [3.8, 4) is 0 Å². The van der Waals surface area contributed by atoms with Crippen LogP contribution in [0.2, 0.25) is 0 Å². The Morgan fingerprint density at radius 1 is 1.04 bits per heavy atom. The standard InChI is InChI=1S/C20H26N2O3S/c1-5-20(3,4)21-19(23)15-22(17-9-7-6-8-10-17)26(24,25)18-13-11-16(2)12-14-18/h6-14H,5,15H2,1-4H3,(H,21,23). The summed E-state index contributed by atoms with van der Waals surface area (Å²) in [6.07, 6.45) is 0.745. The Kier molecular flexibility index (Phi) is 6.08. The third-order valence-electron chi connectivity index (χ3n) is 4.30. The van der Waals surface area contributed by atoms with Gasteiger partial charge in [-0.3, -0.25) is 9.10 Å². The minimum absolute atomic E-state index is 0.162. The van der Waals surface area contributed by atoms with Crippen LogP contribution < -0.4 is 9.62 Å². The summed E-state index contributed by atoms with van der Waals surface area (Å²) in [6.45, 7) is 7.41. The molecule has 0 aliphatic carbocycles. The van der Waals surface area contributed by atoms with E-state index in [4.69, 9.17) is 0 Å². The molecule has 2 aromatic rings. The second-order valence-electron chi connectivity index (χ2n) is 6.95.